The molecule has 0 saturated heterocycles. The van der Waals surface area contributed by atoms with E-state index in [-0.39, 0.29) is 40.2 Å². The lowest BCUT2D eigenvalue weighted by atomic mass is 10.1. The van der Waals surface area contributed by atoms with Crippen LogP contribution in [0, 0.1) is 11.6 Å². The van der Waals surface area contributed by atoms with Crippen LogP contribution in [-0.2, 0) is 6.54 Å². The summed E-state index contributed by atoms with van der Waals surface area (Å²) in [6, 6.07) is 19.4. The van der Waals surface area contributed by atoms with E-state index in [0.29, 0.717) is 41.7 Å². The number of carbonyl (C=O) groups excluding carboxylic acids is 1. The topological polar surface area (TPSA) is 73.9 Å². The summed E-state index contributed by atoms with van der Waals surface area (Å²) in [7, 11) is 1.54. The SMILES string of the molecule is CCOc1cc(OC)cc(-n2cc(C(=O)N(CC)c3cc(F)cc(F)c3)c(=O)c3ccc(OCCCCCCC[n+]4ccccc4)cc32)c1.[Br-]. The van der Waals surface area contributed by atoms with Gasteiger partial charge in [-0.05, 0) is 51.0 Å². The minimum absolute atomic E-state index is 0. The Morgan fingerprint density at radius 1 is 0.820 bits per heavy atom. The highest BCUT2D eigenvalue weighted by molar-refractivity contribution is 6.07. The maximum absolute atomic E-state index is 14.1. The van der Waals surface area contributed by atoms with Gasteiger partial charge in [-0.3, -0.25) is 9.59 Å². The molecule has 11 heteroatoms. The maximum atomic E-state index is 14.1. The second-order valence-electron chi connectivity index (χ2n) is 11.6. The third kappa shape index (κ3) is 9.47. The average molecular weight is 751 g/mol. The summed E-state index contributed by atoms with van der Waals surface area (Å²) < 4.78 is 49.6. The minimum atomic E-state index is -0.827. The van der Waals surface area contributed by atoms with Crippen molar-refractivity contribution in [2.24, 2.45) is 0 Å². The molecule has 2 heterocycles. The van der Waals surface area contributed by atoms with Crippen LogP contribution in [0.15, 0.2) is 96.2 Å². The van der Waals surface area contributed by atoms with E-state index in [1.54, 1.807) is 55.0 Å². The summed E-state index contributed by atoms with van der Waals surface area (Å²) in [4.78, 5) is 29.0. The van der Waals surface area contributed by atoms with Gasteiger partial charge in [0.1, 0.15) is 41.0 Å². The Morgan fingerprint density at radius 2 is 1.52 bits per heavy atom. The number of nitrogens with zero attached hydrogens (tertiary/aromatic N) is 3. The molecule has 0 aliphatic carbocycles. The molecule has 2 aromatic heterocycles. The van der Waals surface area contributed by atoms with Crippen LogP contribution in [0.2, 0.25) is 0 Å². The zero-order valence-corrected chi connectivity index (χ0v) is 30.1. The van der Waals surface area contributed by atoms with E-state index in [4.69, 9.17) is 14.2 Å². The zero-order valence-electron chi connectivity index (χ0n) is 28.5. The molecule has 0 spiro atoms. The van der Waals surface area contributed by atoms with Gasteiger partial charge in [0, 0.05) is 72.7 Å². The molecule has 0 N–H and O–H groups in total. The normalized spacial score (nSPS) is 10.8. The first kappa shape index (κ1) is 38.0. The van der Waals surface area contributed by atoms with Crippen LogP contribution < -0.4 is 46.1 Å². The van der Waals surface area contributed by atoms with Crippen LogP contribution in [0.3, 0.4) is 0 Å². The maximum Gasteiger partial charge on any atom is 0.263 e. The lowest BCUT2D eigenvalue weighted by Gasteiger charge is -2.22. The summed E-state index contributed by atoms with van der Waals surface area (Å²) in [6.07, 6.45) is 10.9. The number of hydrogen-bond donors (Lipinski definition) is 0. The number of aromatic nitrogens is 2. The van der Waals surface area contributed by atoms with Crippen LogP contribution in [0.1, 0.15) is 56.3 Å². The predicted molar refractivity (Wildman–Crippen MR) is 186 cm³/mol. The molecule has 5 rings (SSSR count). The molecule has 3 aromatic carbocycles. The van der Waals surface area contributed by atoms with E-state index < -0.39 is 23.0 Å². The monoisotopic (exact) mass is 749 g/mol. The number of fused-ring (bicyclic) bond motifs is 1. The molecule has 0 bridgehead atoms. The Kier molecular flexibility index (Phi) is 13.9. The number of methoxy groups -OCH3 is 1. The summed E-state index contributed by atoms with van der Waals surface area (Å²) >= 11 is 0. The van der Waals surface area contributed by atoms with Crippen LogP contribution in [-0.4, -0.2) is 37.3 Å². The minimum Gasteiger partial charge on any atom is -1.00 e. The van der Waals surface area contributed by atoms with Crippen molar-refractivity contribution in [2.75, 3.05) is 31.8 Å². The number of pyridine rings is 2. The van der Waals surface area contributed by atoms with E-state index in [9.17, 15) is 18.4 Å². The van der Waals surface area contributed by atoms with Crippen LogP contribution in [0.4, 0.5) is 14.5 Å². The number of halogens is 3. The fraction of sp³-hybridized carbons (Fsp3) is 0.308. The van der Waals surface area contributed by atoms with Crippen LogP contribution in [0.5, 0.6) is 17.2 Å². The first-order chi connectivity index (χ1) is 23.8. The Labute approximate surface area is 301 Å². The number of carbonyl (C=O) groups is 1. The number of anilines is 1. The highest BCUT2D eigenvalue weighted by Gasteiger charge is 2.24. The number of hydrogen-bond acceptors (Lipinski definition) is 5. The molecule has 264 valence electrons. The van der Waals surface area contributed by atoms with E-state index in [0.717, 1.165) is 56.8 Å². The summed E-state index contributed by atoms with van der Waals surface area (Å²) in [6.45, 7) is 5.55. The summed E-state index contributed by atoms with van der Waals surface area (Å²) in [5.74, 6) is -0.710. The molecule has 0 aliphatic heterocycles. The van der Waals surface area contributed by atoms with Crippen molar-refractivity contribution in [2.45, 2.75) is 52.5 Å². The Hall–Kier alpha value is -4.77. The number of amides is 1. The highest BCUT2D eigenvalue weighted by Crippen LogP contribution is 2.30. The van der Waals surface area contributed by atoms with Crippen molar-refractivity contribution >= 4 is 22.5 Å². The first-order valence-corrected chi connectivity index (χ1v) is 16.7. The van der Waals surface area contributed by atoms with Crippen molar-refractivity contribution < 1.29 is 49.3 Å². The van der Waals surface area contributed by atoms with Gasteiger partial charge in [0.25, 0.3) is 5.91 Å². The summed E-state index contributed by atoms with van der Waals surface area (Å²) in [5, 5.41) is 0.275. The van der Waals surface area contributed by atoms with E-state index >= 15 is 0 Å². The van der Waals surface area contributed by atoms with Gasteiger partial charge in [-0.2, -0.15) is 0 Å². The fourth-order valence-corrected chi connectivity index (χ4v) is 5.81. The highest BCUT2D eigenvalue weighted by atomic mass is 79.9. The molecule has 0 saturated carbocycles. The lowest BCUT2D eigenvalue weighted by Crippen LogP contribution is -3.00. The lowest BCUT2D eigenvalue weighted by molar-refractivity contribution is -0.697. The fourth-order valence-electron chi connectivity index (χ4n) is 5.81. The van der Waals surface area contributed by atoms with Crippen molar-refractivity contribution in [1.29, 1.82) is 0 Å². The van der Waals surface area contributed by atoms with Gasteiger partial charge in [0.15, 0.2) is 12.4 Å². The second-order valence-corrected chi connectivity index (χ2v) is 11.6. The van der Waals surface area contributed by atoms with Gasteiger partial charge in [0.05, 0.1) is 31.5 Å². The molecule has 8 nitrogen and oxygen atoms in total. The molecular formula is C39H42BrF2N3O5. The molecule has 1 amide bonds. The summed E-state index contributed by atoms with van der Waals surface area (Å²) in [5.41, 5.74) is 0.411. The van der Waals surface area contributed by atoms with Crippen LogP contribution in [0.25, 0.3) is 16.6 Å². The largest absolute Gasteiger partial charge is 1.00 e. The third-order valence-corrected chi connectivity index (χ3v) is 8.22. The van der Waals surface area contributed by atoms with Gasteiger partial charge >= 0.3 is 0 Å². The molecule has 50 heavy (non-hydrogen) atoms. The molecule has 0 aliphatic rings. The van der Waals surface area contributed by atoms with Gasteiger partial charge in [0.2, 0.25) is 5.43 Å². The van der Waals surface area contributed by atoms with Crippen molar-refractivity contribution in [3.05, 3.63) is 119 Å². The van der Waals surface area contributed by atoms with Crippen molar-refractivity contribution in [3.63, 3.8) is 0 Å². The Bertz CT molecular complexity index is 1930. The van der Waals surface area contributed by atoms with E-state index in [2.05, 4.69) is 17.0 Å². The molecular weight excluding hydrogens is 708 g/mol. The van der Waals surface area contributed by atoms with Gasteiger partial charge < -0.3 is 40.7 Å². The number of rotatable bonds is 16. The average Bonchev–Trinajstić information content (AvgIpc) is 3.10. The van der Waals surface area contributed by atoms with E-state index in [1.165, 1.54) is 11.1 Å². The van der Waals surface area contributed by atoms with Gasteiger partial charge in [-0.1, -0.05) is 18.9 Å². The standard InChI is InChI=1S/C39H42F2N3O5.BrH/c1-4-43(30-21-28(40)20-29(41)22-30)39(46)36-27-44(31-23-33(47-3)25-34(24-31)48-5-2)37-26-32(14-15-35(37)38(36)45)49-19-13-8-6-7-10-16-42-17-11-9-12-18-42;/h9,11-12,14-15,17-18,20-27H,4-8,10,13,16,19H2,1-3H3;1H/q+1;/p-1. The number of ether oxygens (including phenoxy) is 3. The molecule has 0 unspecified atom stereocenters. The number of benzene rings is 3. The Morgan fingerprint density at radius 3 is 2.22 bits per heavy atom. The molecule has 0 radical (unpaired) electrons. The van der Waals surface area contributed by atoms with Gasteiger partial charge in [-0.15, -0.1) is 0 Å². The number of aryl methyl sites for hydroxylation is 1. The quantitative estimate of drug-likeness (QED) is 0.108. The Balaban J connectivity index is 0.00000562. The second kappa shape index (κ2) is 18.3. The zero-order chi connectivity index (χ0) is 34.8. The third-order valence-electron chi connectivity index (χ3n) is 8.22. The van der Waals surface area contributed by atoms with Crippen LogP contribution >= 0.6 is 0 Å². The van der Waals surface area contributed by atoms with Crippen molar-refractivity contribution in [3.8, 4) is 22.9 Å². The molecule has 0 fully saturated rings. The number of unbranched alkanes of at least 4 members (excludes halogenated alkanes) is 4. The molecule has 5 aromatic rings. The van der Waals surface area contributed by atoms with Crippen molar-refractivity contribution in [1.82, 2.24) is 4.57 Å². The molecule has 0 atom stereocenters. The first-order valence-electron chi connectivity index (χ1n) is 16.7. The van der Waals surface area contributed by atoms with E-state index in [1.807, 2.05) is 25.1 Å². The smallest absolute Gasteiger partial charge is 0.263 e. The van der Waals surface area contributed by atoms with Gasteiger partial charge in [-0.25, -0.2) is 13.3 Å². The predicted octanol–water partition coefficient (Wildman–Crippen LogP) is 4.66.